The first kappa shape index (κ1) is 14.6. The number of hydrogen-bond donors (Lipinski definition) is 1. The Morgan fingerprint density at radius 2 is 1.95 bits per heavy atom. The lowest BCUT2D eigenvalue weighted by Crippen LogP contribution is -2.35. The van der Waals surface area contributed by atoms with Gasteiger partial charge in [-0.1, -0.05) is 17.7 Å². The Morgan fingerprint density at radius 3 is 2.55 bits per heavy atom. The quantitative estimate of drug-likeness (QED) is 0.915. The van der Waals surface area contributed by atoms with Crippen molar-refractivity contribution in [3.63, 3.8) is 0 Å². The molecule has 2 aromatic rings. The number of amides is 1. The van der Waals surface area contributed by atoms with Crippen LogP contribution in [-0.4, -0.2) is 12.0 Å². The molecule has 0 saturated carbocycles. The summed E-state index contributed by atoms with van der Waals surface area (Å²) in [6, 6.07) is 9.74. The van der Waals surface area contributed by atoms with Crippen molar-refractivity contribution in [2.45, 2.75) is 33.4 Å². The SMILES string of the molecule is Cc1ccc(OC(C)C(=O)NCc2sccc2C)cc1. The minimum Gasteiger partial charge on any atom is -0.481 e. The molecule has 0 aliphatic rings. The number of carbonyl (C=O) groups is 1. The van der Waals surface area contributed by atoms with E-state index in [0.29, 0.717) is 12.3 Å². The molecule has 106 valence electrons. The van der Waals surface area contributed by atoms with Gasteiger partial charge in [-0.2, -0.15) is 0 Å². The molecule has 2 rings (SSSR count). The highest BCUT2D eigenvalue weighted by atomic mass is 32.1. The molecule has 0 aliphatic carbocycles. The van der Waals surface area contributed by atoms with Crippen molar-refractivity contribution in [2.24, 2.45) is 0 Å². The fraction of sp³-hybridized carbons (Fsp3) is 0.312. The monoisotopic (exact) mass is 289 g/mol. The Labute approximate surface area is 123 Å². The van der Waals surface area contributed by atoms with Gasteiger partial charge in [-0.25, -0.2) is 0 Å². The largest absolute Gasteiger partial charge is 0.481 e. The summed E-state index contributed by atoms with van der Waals surface area (Å²) >= 11 is 1.65. The molecule has 1 aromatic heterocycles. The van der Waals surface area contributed by atoms with Gasteiger partial charge in [0.1, 0.15) is 5.75 Å². The molecule has 1 atom stereocenters. The van der Waals surface area contributed by atoms with Gasteiger partial charge in [-0.15, -0.1) is 11.3 Å². The van der Waals surface area contributed by atoms with Crippen LogP contribution < -0.4 is 10.1 Å². The van der Waals surface area contributed by atoms with E-state index in [1.807, 2.05) is 43.5 Å². The Morgan fingerprint density at radius 1 is 1.25 bits per heavy atom. The molecule has 1 amide bonds. The summed E-state index contributed by atoms with van der Waals surface area (Å²) in [4.78, 5) is 13.2. The van der Waals surface area contributed by atoms with Crippen molar-refractivity contribution in [1.82, 2.24) is 5.32 Å². The van der Waals surface area contributed by atoms with Crippen molar-refractivity contribution in [3.8, 4) is 5.75 Å². The molecule has 20 heavy (non-hydrogen) atoms. The van der Waals surface area contributed by atoms with Crippen LogP contribution in [0.3, 0.4) is 0 Å². The second-order valence-electron chi connectivity index (χ2n) is 4.82. The van der Waals surface area contributed by atoms with Crippen molar-refractivity contribution >= 4 is 17.2 Å². The number of ether oxygens (including phenoxy) is 1. The lowest BCUT2D eigenvalue weighted by Gasteiger charge is -2.14. The zero-order valence-corrected chi connectivity index (χ0v) is 12.8. The molecule has 0 fully saturated rings. The van der Waals surface area contributed by atoms with Gasteiger partial charge in [0.25, 0.3) is 5.91 Å². The van der Waals surface area contributed by atoms with Gasteiger partial charge in [0.05, 0.1) is 6.54 Å². The average Bonchev–Trinajstić information content (AvgIpc) is 2.84. The third-order valence-electron chi connectivity index (χ3n) is 3.09. The van der Waals surface area contributed by atoms with Crippen LogP contribution in [0.1, 0.15) is 22.9 Å². The third kappa shape index (κ3) is 3.84. The fourth-order valence-corrected chi connectivity index (χ4v) is 2.62. The van der Waals surface area contributed by atoms with E-state index in [1.54, 1.807) is 18.3 Å². The number of nitrogens with one attached hydrogen (secondary N) is 1. The highest BCUT2D eigenvalue weighted by Crippen LogP contribution is 2.16. The number of hydrogen-bond acceptors (Lipinski definition) is 3. The van der Waals surface area contributed by atoms with Crippen molar-refractivity contribution in [3.05, 3.63) is 51.7 Å². The van der Waals surface area contributed by atoms with Gasteiger partial charge in [0, 0.05) is 4.88 Å². The van der Waals surface area contributed by atoms with Crippen molar-refractivity contribution in [2.75, 3.05) is 0 Å². The van der Waals surface area contributed by atoms with E-state index in [0.717, 1.165) is 0 Å². The van der Waals surface area contributed by atoms with Crippen molar-refractivity contribution < 1.29 is 9.53 Å². The number of benzene rings is 1. The van der Waals surface area contributed by atoms with E-state index in [9.17, 15) is 4.79 Å². The molecule has 1 heterocycles. The lowest BCUT2D eigenvalue weighted by atomic mass is 10.2. The summed E-state index contributed by atoms with van der Waals surface area (Å²) in [6.45, 7) is 6.38. The summed E-state index contributed by atoms with van der Waals surface area (Å²) in [5.41, 5.74) is 2.38. The Hall–Kier alpha value is -1.81. The molecular weight excluding hydrogens is 270 g/mol. The van der Waals surface area contributed by atoms with Gasteiger partial charge in [-0.05, 0) is 49.9 Å². The smallest absolute Gasteiger partial charge is 0.261 e. The number of rotatable bonds is 5. The van der Waals surface area contributed by atoms with Crippen LogP contribution in [0.25, 0.3) is 0 Å². The molecule has 0 aliphatic heterocycles. The van der Waals surface area contributed by atoms with Crippen LogP contribution in [0, 0.1) is 13.8 Å². The normalized spacial score (nSPS) is 11.9. The molecule has 0 spiro atoms. The van der Waals surface area contributed by atoms with Gasteiger partial charge >= 0.3 is 0 Å². The molecule has 4 heteroatoms. The van der Waals surface area contributed by atoms with E-state index >= 15 is 0 Å². The molecule has 0 saturated heterocycles. The van der Waals surface area contributed by atoms with Gasteiger partial charge in [0.15, 0.2) is 6.10 Å². The first-order valence-corrected chi connectivity index (χ1v) is 7.48. The Kier molecular flexibility index (Phi) is 4.79. The predicted molar refractivity (Wildman–Crippen MR) is 82.2 cm³/mol. The molecular formula is C16H19NO2S. The maximum absolute atomic E-state index is 12.0. The minimum atomic E-state index is -0.502. The molecule has 0 bridgehead atoms. The van der Waals surface area contributed by atoms with Crippen molar-refractivity contribution in [1.29, 1.82) is 0 Å². The lowest BCUT2D eigenvalue weighted by molar-refractivity contribution is -0.127. The van der Waals surface area contributed by atoms with Gasteiger partial charge < -0.3 is 10.1 Å². The minimum absolute atomic E-state index is 0.0987. The predicted octanol–water partition coefficient (Wildman–Crippen LogP) is 3.45. The molecule has 3 nitrogen and oxygen atoms in total. The van der Waals surface area contributed by atoms with Crippen LogP contribution in [0.5, 0.6) is 5.75 Å². The topological polar surface area (TPSA) is 38.3 Å². The zero-order chi connectivity index (χ0) is 14.5. The Balaban J connectivity index is 1.86. The summed E-state index contributed by atoms with van der Waals surface area (Å²) in [7, 11) is 0. The summed E-state index contributed by atoms with van der Waals surface area (Å²) in [6.07, 6.45) is -0.502. The first-order valence-electron chi connectivity index (χ1n) is 6.60. The maximum atomic E-state index is 12.0. The van der Waals surface area contributed by atoms with Gasteiger partial charge in [-0.3, -0.25) is 4.79 Å². The number of carbonyl (C=O) groups excluding carboxylic acids is 1. The number of thiophene rings is 1. The van der Waals surface area contributed by atoms with E-state index < -0.39 is 6.10 Å². The third-order valence-corrected chi connectivity index (χ3v) is 4.12. The molecule has 1 N–H and O–H groups in total. The Bertz CT molecular complexity index is 574. The van der Waals surface area contributed by atoms with E-state index in [4.69, 9.17) is 4.74 Å². The maximum Gasteiger partial charge on any atom is 0.261 e. The molecule has 1 unspecified atom stereocenters. The molecule has 0 radical (unpaired) electrons. The van der Waals surface area contributed by atoms with Crippen LogP contribution >= 0.6 is 11.3 Å². The standard InChI is InChI=1S/C16H19NO2S/c1-11-4-6-14(7-5-11)19-13(3)16(18)17-10-15-12(2)8-9-20-15/h4-9,13H,10H2,1-3H3,(H,17,18). The number of aryl methyl sites for hydroxylation is 2. The van der Waals surface area contributed by atoms with Crippen LogP contribution in [-0.2, 0) is 11.3 Å². The summed E-state index contributed by atoms with van der Waals surface area (Å²) < 4.78 is 5.62. The highest BCUT2D eigenvalue weighted by Gasteiger charge is 2.14. The van der Waals surface area contributed by atoms with Crippen LogP contribution in [0.2, 0.25) is 0 Å². The van der Waals surface area contributed by atoms with Crippen LogP contribution in [0.15, 0.2) is 35.7 Å². The van der Waals surface area contributed by atoms with Crippen LogP contribution in [0.4, 0.5) is 0 Å². The summed E-state index contributed by atoms with van der Waals surface area (Å²) in [5.74, 6) is 0.615. The highest BCUT2D eigenvalue weighted by molar-refractivity contribution is 7.10. The second-order valence-corrected chi connectivity index (χ2v) is 5.82. The zero-order valence-electron chi connectivity index (χ0n) is 12.0. The van der Waals surface area contributed by atoms with E-state index in [-0.39, 0.29) is 5.91 Å². The first-order chi connectivity index (χ1) is 9.56. The molecule has 1 aromatic carbocycles. The van der Waals surface area contributed by atoms with E-state index in [1.165, 1.54) is 16.0 Å². The fourth-order valence-electron chi connectivity index (χ4n) is 1.77. The van der Waals surface area contributed by atoms with E-state index in [2.05, 4.69) is 11.4 Å². The summed E-state index contributed by atoms with van der Waals surface area (Å²) in [5, 5.41) is 4.93. The second kappa shape index (κ2) is 6.57. The average molecular weight is 289 g/mol. The van der Waals surface area contributed by atoms with Gasteiger partial charge in [0.2, 0.25) is 0 Å².